The number of aromatic nitrogens is 4. The van der Waals surface area contributed by atoms with Gasteiger partial charge in [0.05, 0.1) is 24.5 Å². The largest absolute Gasteiger partial charge is 0.367 e. The van der Waals surface area contributed by atoms with E-state index in [1.807, 2.05) is 42.3 Å². The number of nitrogens with one attached hydrogen (secondary N) is 1. The van der Waals surface area contributed by atoms with Gasteiger partial charge in [-0.1, -0.05) is 30.3 Å². The molecule has 1 aliphatic rings. The molecule has 1 unspecified atom stereocenters. The number of ether oxygens (including phenoxy) is 1. The lowest BCUT2D eigenvalue weighted by Crippen LogP contribution is -2.35. The van der Waals surface area contributed by atoms with Crippen LogP contribution >= 0.6 is 0 Å². The van der Waals surface area contributed by atoms with Gasteiger partial charge in [0.1, 0.15) is 12.4 Å². The minimum atomic E-state index is 0.159. The lowest BCUT2D eigenvalue weighted by molar-refractivity contribution is 0.00278. The van der Waals surface area contributed by atoms with Crippen LogP contribution in [0.4, 0.5) is 0 Å². The van der Waals surface area contributed by atoms with Gasteiger partial charge in [0.2, 0.25) is 0 Å². The molecule has 1 aromatic carbocycles. The number of hydrogen-bond acceptors (Lipinski definition) is 4. The van der Waals surface area contributed by atoms with Crippen molar-refractivity contribution < 1.29 is 4.74 Å². The Kier molecular flexibility index (Phi) is 4.15. The number of aryl methyl sites for hydroxylation is 1. The highest BCUT2D eigenvalue weighted by Crippen LogP contribution is 2.21. The second-order valence-electron chi connectivity index (χ2n) is 6.15. The summed E-state index contributed by atoms with van der Waals surface area (Å²) in [6.07, 6.45) is 6.19. The van der Waals surface area contributed by atoms with Crippen LogP contribution in [0.15, 0.2) is 48.9 Å². The van der Waals surface area contributed by atoms with Crippen LogP contribution in [0, 0.1) is 0 Å². The third-order valence-electron chi connectivity index (χ3n) is 4.24. The van der Waals surface area contributed by atoms with E-state index in [0.717, 1.165) is 36.7 Å². The van der Waals surface area contributed by atoms with Gasteiger partial charge in [0.25, 0.3) is 0 Å². The Hall–Kier alpha value is -2.44. The summed E-state index contributed by atoms with van der Waals surface area (Å²) >= 11 is 0. The maximum atomic E-state index is 5.93. The maximum Gasteiger partial charge on any atom is 0.135 e. The second-order valence-corrected chi connectivity index (χ2v) is 6.15. The summed E-state index contributed by atoms with van der Waals surface area (Å²) in [6.45, 7) is 3.01. The first-order valence-corrected chi connectivity index (χ1v) is 8.19. The summed E-state index contributed by atoms with van der Waals surface area (Å²) in [6, 6.07) is 10.3. The van der Waals surface area contributed by atoms with Crippen molar-refractivity contribution in [1.29, 1.82) is 0 Å². The summed E-state index contributed by atoms with van der Waals surface area (Å²) in [5.74, 6) is 0.998. The lowest BCUT2D eigenvalue weighted by Gasteiger charge is -2.24. The van der Waals surface area contributed by atoms with E-state index >= 15 is 0 Å². The van der Waals surface area contributed by atoms with Crippen molar-refractivity contribution in [2.75, 3.05) is 6.54 Å². The van der Waals surface area contributed by atoms with Gasteiger partial charge in [-0.2, -0.15) is 5.10 Å². The SMILES string of the molecule is Cn1cc(CNCC2Cn3cc(-c4ccccc4)nc3CO2)cn1. The van der Waals surface area contributed by atoms with Crippen LogP contribution in [0.3, 0.4) is 0 Å². The molecular weight excluding hydrogens is 302 g/mol. The number of nitrogens with zero attached hydrogens (tertiary/aromatic N) is 4. The van der Waals surface area contributed by atoms with Crippen LogP contribution in [-0.4, -0.2) is 32.0 Å². The molecule has 0 saturated carbocycles. The minimum Gasteiger partial charge on any atom is -0.367 e. The molecule has 1 atom stereocenters. The number of imidazole rings is 1. The average Bonchev–Trinajstić information content (AvgIpc) is 3.21. The van der Waals surface area contributed by atoms with Crippen molar-refractivity contribution in [3.63, 3.8) is 0 Å². The average molecular weight is 323 g/mol. The molecule has 0 spiro atoms. The highest BCUT2D eigenvalue weighted by Gasteiger charge is 2.21. The predicted molar refractivity (Wildman–Crippen MR) is 91.2 cm³/mol. The minimum absolute atomic E-state index is 0.159. The molecule has 124 valence electrons. The quantitative estimate of drug-likeness (QED) is 0.780. The number of benzene rings is 1. The first-order chi connectivity index (χ1) is 11.8. The Morgan fingerprint density at radius 2 is 2.12 bits per heavy atom. The highest BCUT2D eigenvalue weighted by atomic mass is 16.5. The zero-order valence-corrected chi connectivity index (χ0v) is 13.7. The Bertz CT molecular complexity index is 808. The molecular formula is C18H21N5O. The van der Waals surface area contributed by atoms with E-state index < -0.39 is 0 Å². The van der Waals surface area contributed by atoms with Crippen LogP contribution < -0.4 is 5.32 Å². The van der Waals surface area contributed by atoms with E-state index in [2.05, 4.69) is 33.3 Å². The van der Waals surface area contributed by atoms with Gasteiger partial charge >= 0.3 is 0 Å². The first-order valence-electron chi connectivity index (χ1n) is 8.19. The Balaban J connectivity index is 1.36. The topological polar surface area (TPSA) is 56.9 Å². The molecule has 0 radical (unpaired) electrons. The monoisotopic (exact) mass is 323 g/mol. The van der Waals surface area contributed by atoms with Gasteiger partial charge in [-0.3, -0.25) is 4.68 Å². The van der Waals surface area contributed by atoms with Gasteiger partial charge < -0.3 is 14.6 Å². The number of rotatable bonds is 5. The van der Waals surface area contributed by atoms with Gasteiger partial charge in [-0.15, -0.1) is 0 Å². The number of fused-ring (bicyclic) bond motifs is 1. The molecule has 0 amide bonds. The van der Waals surface area contributed by atoms with Gasteiger partial charge in [0, 0.05) is 43.7 Å². The predicted octanol–water partition coefficient (Wildman–Crippen LogP) is 1.97. The van der Waals surface area contributed by atoms with Crippen LogP contribution in [-0.2, 0) is 31.5 Å². The third kappa shape index (κ3) is 3.25. The van der Waals surface area contributed by atoms with Crippen LogP contribution in [0.25, 0.3) is 11.3 Å². The normalized spacial score (nSPS) is 17.0. The van der Waals surface area contributed by atoms with E-state index in [0.29, 0.717) is 6.61 Å². The van der Waals surface area contributed by atoms with E-state index in [1.165, 1.54) is 5.56 Å². The van der Waals surface area contributed by atoms with Crippen molar-refractivity contribution in [2.45, 2.75) is 25.8 Å². The molecule has 2 aromatic heterocycles. The summed E-state index contributed by atoms with van der Waals surface area (Å²) in [5, 5.41) is 7.62. The van der Waals surface area contributed by atoms with Crippen molar-refractivity contribution in [3.05, 3.63) is 60.3 Å². The summed E-state index contributed by atoms with van der Waals surface area (Å²) in [5.41, 5.74) is 3.34. The molecule has 3 aromatic rings. The molecule has 24 heavy (non-hydrogen) atoms. The fraction of sp³-hybridized carbons (Fsp3) is 0.333. The molecule has 0 saturated heterocycles. The molecule has 6 heteroatoms. The van der Waals surface area contributed by atoms with Crippen LogP contribution in [0.2, 0.25) is 0 Å². The van der Waals surface area contributed by atoms with E-state index in [9.17, 15) is 0 Å². The van der Waals surface area contributed by atoms with Crippen LogP contribution in [0.5, 0.6) is 0 Å². The molecule has 0 bridgehead atoms. The zero-order valence-electron chi connectivity index (χ0n) is 13.7. The van der Waals surface area contributed by atoms with Crippen molar-refractivity contribution >= 4 is 0 Å². The Labute approximate surface area is 141 Å². The molecule has 6 nitrogen and oxygen atoms in total. The van der Waals surface area contributed by atoms with Gasteiger partial charge in [0.15, 0.2) is 0 Å². The Morgan fingerprint density at radius 1 is 1.25 bits per heavy atom. The van der Waals surface area contributed by atoms with E-state index in [-0.39, 0.29) is 6.10 Å². The first kappa shape index (κ1) is 15.1. The molecule has 0 fully saturated rings. The van der Waals surface area contributed by atoms with Crippen molar-refractivity contribution in [2.24, 2.45) is 7.05 Å². The lowest BCUT2D eigenvalue weighted by atomic mass is 10.2. The zero-order chi connectivity index (χ0) is 16.4. The smallest absolute Gasteiger partial charge is 0.135 e. The fourth-order valence-corrected chi connectivity index (χ4v) is 3.00. The van der Waals surface area contributed by atoms with Crippen molar-refractivity contribution in [1.82, 2.24) is 24.6 Å². The molecule has 3 heterocycles. The second kappa shape index (κ2) is 6.59. The standard InChI is InChI=1S/C18H21N5O/c1-22-10-14(8-20-22)7-19-9-16-11-23-12-17(21-18(23)13-24-16)15-5-3-2-4-6-15/h2-6,8,10,12,16,19H,7,9,11,13H2,1H3. The molecule has 4 rings (SSSR count). The molecule has 0 aliphatic carbocycles. The van der Waals surface area contributed by atoms with E-state index in [1.54, 1.807) is 0 Å². The fourth-order valence-electron chi connectivity index (χ4n) is 3.00. The molecule has 1 aliphatic heterocycles. The molecule has 1 N–H and O–H groups in total. The van der Waals surface area contributed by atoms with Gasteiger partial charge in [-0.25, -0.2) is 4.98 Å². The van der Waals surface area contributed by atoms with Crippen LogP contribution in [0.1, 0.15) is 11.4 Å². The highest BCUT2D eigenvalue weighted by molar-refractivity contribution is 5.58. The van der Waals surface area contributed by atoms with E-state index in [4.69, 9.17) is 9.72 Å². The summed E-state index contributed by atoms with van der Waals surface area (Å²) < 4.78 is 9.96. The summed E-state index contributed by atoms with van der Waals surface area (Å²) in [4.78, 5) is 4.69. The number of hydrogen-bond donors (Lipinski definition) is 1. The maximum absolute atomic E-state index is 5.93. The van der Waals surface area contributed by atoms with Crippen molar-refractivity contribution in [3.8, 4) is 11.3 Å². The van der Waals surface area contributed by atoms with Gasteiger partial charge in [-0.05, 0) is 0 Å². The third-order valence-corrected chi connectivity index (χ3v) is 4.24. The Morgan fingerprint density at radius 3 is 2.92 bits per heavy atom. The summed E-state index contributed by atoms with van der Waals surface area (Å²) in [7, 11) is 1.93.